The summed E-state index contributed by atoms with van der Waals surface area (Å²) in [7, 11) is 0. The molecule has 3 heteroatoms. The molecule has 1 rings (SSSR count). The van der Waals surface area contributed by atoms with Gasteiger partial charge in [-0.05, 0) is 30.2 Å². The van der Waals surface area contributed by atoms with Crippen molar-refractivity contribution in [2.75, 3.05) is 6.54 Å². The normalized spacial score (nSPS) is 10.8. The van der Waals surface area contributed by atoms with E-state index in [1.807, 2.05) is 30.3 Å². The van der Waals surface area contributed by atoms with E-state index in [9.17, 15) is 4.79 Å². The fraction of sp³-hybridized carbons (Fsp3) is 0.400. The van der Waals surface area contributed by atoms with Crippen molar-refractivity contribution >= 4 is 27.9 Å². The lowest BCUT2D eigenvalue weighted by atomic mass is 10.2. The molecule has 0 unspecified atom stereocenters. The average molecular weight is 310 g/mol. The second-order valence-corrected chi connectivity index (χ2v) is 5.15. The predicted molar refractivity (Wildman–Crippen MR) is 80.3 cm³/mol. The minimum atomic E-state index is -0.0191. The number of carbonyl (C=O) groups is 1. The molecule has 0 spiro atoms. The lowest BCUT2D eigenvalue weighted by Gasteiger charge is -2.01. The van der Waals surface area contributed by atoms with E-state index in [0.29, 0.717) is 0 Å². The number of amides is 1. The molecule has 0 heterocycles. The average Bonchev–Trinajstić information content (AvgIpc) is 2.38. The Hall–Kier alpha value is -1.09. The summed E-state index contributed by atoms with van der Waals surface area (Å²) in [5.74, 6) is -0.0191. The van der Waals surface area contributed by atoms with Crippen molar-refractivity contribution in [1.82, 2.24) is 5.32 Å². The molecule has 0 aliphatic heterocycles. The fourth-order valence-corrected chi connectivity index (χ4v) is 1.83. The van der Waals surface area contributed by atoms with Crippen molar-refractivity contribution in [3.8, 4) is 0 Å². The summed E-state index contributed by atoms with van der Waals surface area (Å²) in [4.78, 5) is 11.5. The summed E-state index contributed by atoms with van der Waals surface area (Å²) in [6.45, 7) is 2.95. The number of unbranched alkanes of at least 4 members (excludes halogenated alkanes) is 3. The van der Waals surface area contributed by atoms with Crippen LogP contribution in [0.25, 0.3) is 6.08 Å². The van der Waals surface area contributed by atoms with E-state index in [-0.39, 0.29) is 5.91 Å². The highest BCUT2D eigenvalue weighted by atomic mass is 79.9. The van der Waals surface area contributed by atoms with Crippen LogP contribution in [0.1, 0.15) is 38.2 Å². The van der Waals surface area contributed by atoms with Crippen LogP contribution in [-0.2, 0) is 4.79 Å². The maximum Gasteiger partial charge on any atom is 0.243 e. The standard InChI is InChI=1S/C15H20BrNO/c1-2-3-4-5-12-17-15(18)11-8-13-6-9-14(16)10-7-13/h6-11H,2-5,12H2,1H3,(H,17,18)/b11-8+. The third-order valence-electron chi connectivity index (χ3n) is 2.63. The van der Waals surface area contributed by atoms with Crippen LogP contribution in [0, 0.1) is 0 Å². The first-order valence-corrected chi connectivity index (χ1v) is 7.23. The molecule has 0 aliphatic rings. The van der Waals surface area contributed by atoms with Crippen LogP contribution in [-0.4, -0.2) is 12.5 Å². The summed E-state index contributed by atoms with van der Waals surface area (Å²) >= 11 is 3.38. The minimum absolute atomic E-state index is 0.0191. The highest BCUT2D eigenvalue weighted by Gasteiger charge is 1.94. The zero-order valence-corrected chi connectivity index (χ0v) is 12.4. The summed E-state index contributed by atoms with van der Waals surface area (Å²) in [6, 6.07) is 7.86. The molecule has 0 aromatic heterocycles. The van der Waals surface area contributed by atoms with Gasteiger partial charge in [-0.2, -0.15) is 0 Å². The Morgan fingerprint density at radius 1 is 1.22 bits per heavy atom. The van der Waals surface area contributed by atoms with Gasteiger partial charge in [0.2, 0.25) is 5.91 Å². The molecule has 0 saturated carbocycles. The van der Waals surface area contributed by atoms with Gasteiger partial charge >= 0.3 is 0 Å². The highest BCUT2D eigenvalue weighted by molar-refractivity contribution is 9.10. The predicted octanol–water partition coefficient (Wildman–Crippen LogP) is 4.16. The van der Waals surface area contributed by atoms with Crippen molar-refractivity contribution in [2.45, 2.75) is 32.6 Å². The number of hydrogen-bond acceptors (Lipinski definition) is 1. The smallest absolute Gasteiger partial charge is 0.243 e. The van der Waals surface area contributed by atoms with E-state index in [2.05, 4.69) is 28.2 Å². The number of nitrogens with one attached hydrogen (secondary N) is 1. The number of rotatable bonds is 7. The van der Waals surface area contributed by atoms with Crippen molar-refractivity contribution < 1.29 is 4.79 Å². The van der Waals surface area contributed by atoms with Gasteiger partial charge in [0.1, 0.15) is 0 Å². The molecule has 98 valence electrons. The number of carbonyl (C=O) groups excluding carboxylic acids is 1. The summed E-state index contributed by atoms with van der Waals surface area (Å²) in [5.41, 5.74) is 1.03. The first-order valence-electron chi connectivity index (χ1n) is 6.44. The molecule has 0 radical (unpaired) electrons. The van der Waals surface area contributed by atoms with Crippen LogP contribution < -0.4 is 5.32 Å². The van der Waals surface area contributed by atoms with Crippen LogP contribution >= 0.6 is 15.9 Å². The van der Waals surface area contributed by atoms with Gasteiger partial charge in [-0.3, -0.25) is 4.79 Å². The Balaban J connectivity index is 2.25. The molecule has 0 saturated heterocycles. The highest BCUT2D eigenvalue weighted by Crippen LogP contribution is 2.11. The van der Waals surface area contributed by atoms with E-state index in [1.54, 1.807) is 6.08 Å². The summed E-state index contributed by atoms with van der Waals surface area (Å²) in [6.07, 6.45) is 8.12. The Morgan fingerprint density at radius 2 is 1.94 bits per heavy atom. The van der Waals surface area contributed by atoms with Gasteiger partial charge in [0, 0.05) is 17.1 Å². The van der Waals surface area contributed by atoms with Crippen LogP contribution in [0.2, 0.25) is 0 Å². The summed E-state index contributed by atoms with van der Waals surface area (Å²) in [5, 5.41) is 2.89. The topological polar surface area (TPSA) is 29.1 Å². The second kappa shape index (κ2) is 8.92. The molecule has 0 aliphatic carbocycles. The lowest BCUT2D eigenvalue weighted by Crippen LogP contribution is -2.21. The fourth-order valence-electron chi connectivity index (χ4n) is 1.57. The van der Waals surface area contributed by atoms with Crippen molar-refractivity contribution in [3.63, 3.8) is 0 Å². The Kier molecular flexibility index (Phi) is 7.42. The van der Waals surface area contributed by atoms with E-state index in [0.717, 1.165) is 23.0 Å². The Morgan fingerprint density at radius 3 is 2.61 bits per heavy atom. The van der Waals surface area contributed by atoms with Gasteiger partial charge in [0.15, 0.2) is 0 Å². The van der Waals surface area contributed by atoms with Gasteiger partial charge in [-0.1, -0.05) is 54.2 Å². The maximum atomic E-state index is 11.5. The zero-order chi connectivity index (χ0) is 13.2. The SMILES string of the molecule is CCCCCCNC(=O)/C=C/c1ccc(Br)cc1. The van der Waals surface area contributed by atoms with Gasteiger partial charge in [0.25, 0.3) is 0 Å². The molecule has 1 aromatic rings. The van der Waals surface area contributed by atoms with Gasteiger partial charge in [-0.25, -0.2) is 0 Å². The zero-order valence-electron chi connectivity index (χ0n) is 10.8. The first kappa shape index (κ1) is 15.0. The van der Waals surface area contributed by atoms with Crippen LogP contribution in [0.3, 0.4) is 0 Å². The quantitative estimate of drug-likeness (QED) is 0.594. The molecular formula is C15H20BrNO. The van der Waals surface area contributed by atoms with Gasteiger partial charge in [0.05, 0.1) is 0 Å². The largest absolute Gasteiger partial charge is 0.353 e. The monoisotopic (exact) mass is 309 g/mol. The van der Waals surface area contributed by atoms with Crippen LogP contribution in [0.15, 0.2) is 34.8 Å². The first-order chi connectivity index (χ1) is 8.72. The second-order valence-electron chi connectivity index (χ2n) is 4.24. The molecular weight excluding hydrogens is 290 g/mol. The van der Waals surface area contributed by atoms with Gasteiger partial charge < -0.3 is 5.32 Å². The molecule has 1 aromatic carbocycles. The third-order valence-corrected chi connectivity index (χ3v) is 3.16. The van der Waals surface area contributed by atoms with Crippen molar-refractivity contribution in [3.05, 3.63) is 40.4 Å². The molecule has 0 atom stereocenters. The van der Waals surface area contributed by atoms with Gasteiger partial charge in [-0.15, -0.1) is 0 Å². The summed E-state index contributed by atoms with van der Waals surface area (Å²) < 4.78 is 1.04. The van der Waals surface area contributed by atoms with E-state index in [4.69, 9.17) is 0 Å². The number of benzene rings is 1. The van der Waals surface area contributed by atoms with Crippen molar-refractivity contribution in [2.24, 2.45) is 0 Å². The van der Waals surface area contributed by atoms with Crippen molar-refractivity contribution in [1.29, 1.82) is 0 Å². The number of hydrogen-bond donors (Lipinski definition) is 1. The third kappa shape index (κ3) is 6.60. The maximum absolute atomic E-state index is 11.5. The van der Waals surface area contributed by atoms with E-state index < -0.39 is 0 Å². The molecule has 1 amide bonds. The molecule has 2 nitrogen and oxygen atoms in total. The molecule has 0 bridgehead atoms. The Labute approximate surface area is 118 Å². The Bertz CT molecular complexity index is 384. The van der Waals surface area contributed by atoms with E-state index in [1.165, 1.54) is 19.3 Å². The van der Waals surface area contributed by atoms with E-state index >= 15 is 0 Å². The van der Waals surface area contributed by atoms with Crippen LogP contribution in [0.5, 0.6) is 0 Å². The molecule has 0 fully saturated rings. The van der Waals surface area contributed by atoms with Crippen LogP contribution in [0.4, 0.5) is 0 Å². The molecule has 18 heavy (non-hydrogen) atoms. The molecule has 1 N–H and O–H groups in total. The lowest BCUT2D eigenvalue weighted by molar-refractivity contribution is -0.116. The minimum Gasteiger partial charge on any atom is -0.353 e. The number of halogens is 1.